The van der Waals surface area contributed by atoms with Crippen LogP contribution in [-0.4, -0.2) is 41.7 Å². The number of nitrogens with two attached hydrogens (primary N) is 1. The molecule has 0 spiro atoms. The number of aryl methyl sites for hydroxylation is 2. The van der Waals surface area contributed by atoms with E-state index in [0.717, 1.165) is 16.0 Å². The van der Waals surface area contributed by atoms with Gasteiger partial charge in [0.15, 0.2) is 5.82 Å². The van der Waals surface area contributed by atoms with E-state index in [1.807, 2.05) is 7.05 Å². The van der Waals surface area contributed by atoms with E-state index in [0.29, 0.717) is 25.0 Å². The molecule has 116 valence electrons. The Labute approximate surface area is 129 Å². The van der Waals surface area contributed by atoms with Crippen LogP contribution in [0.15, 0.2) is 0 Å². The van der Waals surface area contributed by atoms with Crippen molar-refractivity contribution in [1.29, 1.82) is 0 Å². The van der Waals surface area contributed by atoms with Crippen molar-refractivity contribution in [3.63, 3.8) is 0 Å². The van der Waals surface area contributed by atoms with Gasteiger partial charge < -0.3 is 10.2 Å². The SMILES string of the molecule is COCC(C)N(C)Cc1nc(NN)c2c(C)c(C)sc2n1. The number of methoxy groups -OCH3 is 1. The van der Waals surface area contributed by atoms with E-state index in [-0.39, 0.29) is 0 Å². The van der Waals surface area contributed by atoms with Gasteiger partial charge in [-0.15, -0.1) is 11.3 Å². The third-order valence-corrected chi connectivity index (χ3v) is 4.86. The van der Waals surface area contributed by atoms with E-state index in [9.17, 15) is 0 Å². The molecule has 21 heavy (non-hydrogen) atoms. The number of aromatic nitrogens is 2. The normalized spacial score (nSPS) is 13.1. The second-order valence-electron chi connectivity index (χ2n) is 5.32. The lowest BCUT2D eigenvalue weighted by Crippen LogP contribution is -2.32. The van der Waals surface area contributed by atoms with E-state index in [2.05, 4.69) is 41.1 Å². The fraction of sp³-hybridized carbons (Fsp3) is 0.571. The number of likely N-dealkylation sites (N-methyl/N-ethyl adjacent to an activating group) is 1. The average Bonchev–Trinajstić information content (AvgIpc) is 2.73. The fourth-order valence-electron chi connectivity index (χ4n) is 2.22. The molecule has 0 bridgehead atoms. The predicted octanol–water partition coefficient (Wildman–Crippen LogP) is 2.06. The van der Waals surface area contributed by atoms with Gasteiger partial charge in [-0.25, -0.2) is 15.8 Å². The van der Waals surface area contributed by atoms with Crippen molar-refractivity contribution in [2.24, 2.45) is 5.84 Å². The van der Waals surface area contributed by atoms with Gasteiger partial charge in [0.25, 0.3) is 0 Å². The number of fused-ring (bicyclic) bond motifs is 1. The van der Waals surface area contributed by atoms with Crippen LogP contribution >= 0.6 is 11.3 Å². The van der Waals surface area contributed by atoms with Gasteiger partial charge in [0.05, 0.1) is 18.5 Å². The molecule has 2 aromatic rings. The molecule has 0 fully saturated rings. The van der Waals surface area contributed by atoms with E-state index < -0.39 is 0 Å². The first kappa shape index (κ1) is 16.1. The van der Waals surface area contributed by atoms with Gasteiger partial charge in [-0.3, -0.25) is 4.90 Å². The summed E-state index contributed by atoms with van der Waals surface area (Å²) in [6.45, 7) is 7.62. The summed E-state index contributed by atoms with van der Waals surface area (Å²) in [6.07, 6.45) is 0. The summed E-state index contributed by atoms with van der Waals surface area (Å²) in [5.41, 5.74) is 3.89. The Bertz CT molecular complexity index is 627. The molecule has 0 radical (unpaired) electrons. The van der Waals surface area contributed by atoms with Crippen molar-refractivity contribution in [2.75, 3.05) is 26.2 Å². The van der Waals surface area contributed by atoms with Crippen LogP contribution in [0.1, 0.15) is 23.2 Å². The topological polar surface area (TPSA) is 76.3 Å². The Morgan fingerprint density at radius 1 is 1.38 bits per heavy atom. The largest absolute Gasteiger partial charge is 0.383 e. The van der Waals surface area contributed by atoms with Crippen molar-refractivity contribution in [3.8, 4) is 0 Å². The minimum atomic E-state index is 0.301. The summed E-state index contributed by atoms with van der Waals surface area (Å²) in [4.78, 5) is 13.6. The molecule has 0 amide bonds. The maximum absolute atomic E-state index is 5.63. The monoisotopic (exact) mass is 309 g/mol. The number of nitrogens with one attached hydrogen (secondary N) is 1. The molecule has 1 atom stereocenters. The van der Waals surface area contributed by atoms with Crippen molar-refractivity contribution in [2.45, 2.75) is 33.4 Å². The second kappa shape index (κ2) is 6.65. The van der Waals surface area contributed by atoms with Gasteiger partial charge in [-0.05, 0) is 33.4 Å². The van der Waals surface area contributed by atoms with Crippen LogP contribution in [0.2, 0.25) is 0 Å². The van der Waals surface area contributed by atoms with Crippen LogP contribution in [0, 0.1) is 13.8 Å². The second-order valence-corrected chi connectivity index (χ2v) is 6.52. The highest BCUT2D eigenvalue weighted by atomic mass is 32.1. The van der Waals surface area contributed by atoms with Gasteiger partial charge in [0.2, 0.25) is 0 Å². The molecule has 0 aliphatic carbocycles. The first-order valence-electron chi connectivity index (χ1n) is 6.90. The van der Waals surface area contributed by atoms with Gasteiger partial charge in [-0.1, -0.05) is 0 Å². The number of hydrogen-bond acceptors (Lipinski definition) is 7. The van der Waals surface area contributed by atoms with Gasteiger partial charge in [0.1, 0.15) is 10.7 Å². The first-order chi connectivity index (χ1) is 9.97. The molecule has 0 saturated heterocycles. The highest BCUT2D eigenvalue weighted by Gasteiger charge is 2.16. The summed E-state index contributed by atoms with van der Waals surface area (Å²) >= 11 is 1.68. The Morgan fingerprint density at radius 2 is 2.10 bits per heavy atom. The number of thiophene rings is 1. The number of ether oxygens (including phenoxy) is 1. The zero-order chi connectivity index (χ0) is 15.6. The zero-order valence-electron chi connectivity index (χ0n) is 13.2. The molecule has 2 heterocycles. The molecular formula is C14H23N5OS. The summed E-state index contributed by atoms with van der Waals surface area (Å²) in [6, 6.07) is 0.301. The Hall–Kier alpha value is -1.28. The van der Waals surface area contributed by atoms with Crippen LogP contribution in [0.5, 0.6) is 0 Å². The number of rotatable bonds is 6. The van der Waals surface area contributed by atoms with Gasteiger partial charge >= 0.3 is 0 Å². The molecule has 0 saturated carbocycles. The maximum atomic E-state index is 5.63. The smallest absolute Gasteiger partial charge is 0.152 e. The molecule has 3 N–H and O–H groups in total. The summed E-state index contributed by atoms with van der Waals surface area (Å²) in [7, 11) is 3.75. The highest BCUT2D eigenvalue weighted by molar-refractivity contribution is 7.18. The molecular weight excluding hydrogens is 286 g/mol. The molecule has 0 aliphatic heterocycles. The summed E-state index contributed by atoms with van der Waals surface area (Å²) < 4.78 is 5.18. The third-order valence-electron chi connectivity index (χ3n) is 3.76. The number of anilines is 1. The minimum Gasteiger partial charge on any atom is -0.383 e. The highest BCUT2D eigenvalue weighted by Crippen LogP contribution is 2.32. The molecule has 1 unspecified atom stereocenters. The van der Waals surface area contributed by atoms with E-state index in [4.69, 9.17) is 10.6 Å². The number of nitrogen functional groups attached to an aromatic ring is 1. The summed E-state index contributed by atoms with van der Waals surface area (Å²) in [5, 5.41) is 1.02. The Kier molecular flexibility index (Phi) is 5.10. The van der Waals surface area contributed by atoms with Gasteiger partial charge in [-0.2, -0.15) is 0 Å². The number of nitrogens with zero attached hydrogens (tertiary/aromatic N) is 3. The minimum absolute atomic E-state index is 0.301. The van der Waals surface area contributed by atoms with E-state index >= 15 is 0 Å². The van der Waals surface area contributed by atoms with Crippen molar-refractivity contribution < 1.29 is 4.74 Å². The molecule has 2 rings (SSSR count). The van der Waals surface area contributed by atoms with E-state index in [1.54, 1.807) is 18.4 Å². The Morgan fingerprint density at radius 3 is 2.71 bits per heavy atom. The van der Waals surface area contributed by atoms with Crippen LogP contribution in [0.4, 0.5) is 5.82 Å². The van der Waals surface area contributed by atoms with E-state index in [1.165, 1.54) is 10.4 Å². The summed E-state index contributed by atoms with van der Waals surface area (Å²) in [5.74, 6) is 7.10. The zero-order valence-corrected chi connectivity index (χ0v) is 14.0. The van der Waals surface area contributed by atoms with Crippen LogP contribution in [0.3, 0.4) is 0 Å². The number of hydrazine groups is 1. The molecule has 2 aromatic heterocycles. The average molecular weight is 309 g/mol. The Balaban J connectivity index is 2.33. The van der Waals surface area contributed by atoms with Crippen LogP contribution in [0.25, 0.3) is 10.2 Å². The molecule has 7 heteroatoms. The van der Waals surface area contributed by atoms with Crippen LogP contribution < -0.4 is 11.3 Å². The molecule has 0 aliphatic rings. The lowest BCUT2D eigenvalue weighted by atomic mass is 10.2. The standard InChI is InChI=1S/C14H23N5OS/c1-8(7-20-5)19(4)6-11-16-13(18-15)12-9(2)10(3)21-14(12)17-11/h8H,6-7,15H2,1-5H3,(H,16,17,18). The quantitative estimate of drug-likeness (QED) is 0.628. The van der Waals surface area contributed by atoms with Crippen molar-refractivity contribution in [1.82, 2.24) is 14.9 Å². The molecule has 0 aromatic carbocycles. The van der Waals surface area contributed by atoms with Crippen molar-refractivity contribution in [3.05, 3.63) is 16.3 Å². The lowest BCUT2D eigenvalue weighted by molar-refractivity contribution is 0.110. The van der Waals surface area contributed by atoms with Gasteiger partial charge in [0, 0.05) is 18.0 Å². The lowest BCUT2D eigenvalue weighted by Gasteiger charge is -2.23. The molecule has 6 nitrogen and oxygen atoms in total. The maximum Gasteiger partial charge on any atom is 0.152 e. The fourth-order valence-corrected chi connectivity index (χ4v) is 3.26. The number of hydrogen-bond donors (Lipinski definition) is 2. The van der Waals surface area contributed by atoms with Crippen molar-refractivity contribution >= 4 is 27.4 Å². The van der Waals surface area contributed by atoms with Crippen LogP contribution in [-0.2, 0) is 11.3 Å². The third kappa shape index (κ3) is 3.32. The predicted molar refractivity (Wildman–Crippen MR) is 87.5 cm³/mol. The first-order valence-corrected chi connectivity index (χ1v) is 7.72.